The van der Waals surface area contributed by atoms with Gasteiger partial charge in [0.1, 0.15) is 6.10 Å². The molecule has 1 aliphatic rings. The van der Waals surface area contributed by atoms with Gasteiger partial charge in [-0.25, -0.2) is 0 Å². The topological polar surface area (TPSA) is 58.1 Å². The van der Waals surface area contributed by atoms with Crippen LogP contribution in [0.2, 0.25) is 0 Å². The molecule has 1 aromatic carbocycles. The normalized spacial score (nSPS) is 18.0. The van der Waals surface area contributed by atoms with E-state index < -0.39 is 0 Å². The van der Waals surface area contributed by atoms with Crippen LogP contribution in [0.4, 0.5) is 0 Å². The van der Waals surface area contributed by atoms with E-state index >= 15 is 0 Å². The number of piperidine rings is 1. The van der Waals surface area contributed by atoms with E-state index in [1.54, 1.807) is 7.11 Å². The Balaban J connectivity index is 0.00000341. The first kappa shape index (κ1) is 25.7. The average Bonchev–Trinajstić information content (AvgIpc) is 3.27. The Morgan fingerprint density at radius 2 is 2.03 bits per heavy atom. The van der Waals surface area contributed by atoms with Crippen molar-refractivity contribution in [3.63, 3.8) is 0 Å². The maximum absolute atomic E-state index is 6.01. The van der Waals surface area contributed by atoms with Gasteiger partial charge in [-0.05, 0) is 55.8 Å². The molecule has 2 atom stereocenters. The maximum atomic E-state index is 6.01. The number of guanidine groups is 1. The molecule has 2 N–H and O–H groups in total. The number of thiophene rings is 1. The van der Waals surface area contributed by atoms with Gasteiger partial charge in [0.2, 0.25) is 0 Å². The van der Waals surface area contributed by atoms with Crippen LogP contribution in [0.1, 0.15) is 24.6 Å². The molecule has 0 aliphatic carbocycles. The molecule has 1 aliphatic heterocycles. The zero-order valence-electron chi connectivity index (χ0n) is 18.7. The van der Waals surface area contributed by atoms with Gasteiger partial charge in [0.05, 0.1) is 13.7 Å². The van der Waals surface area contributed by atoms with E-state index in [4.69, 9.17) is 9.47 Å². The number of nitrogens with one attached hydrogen (secondary N) is 2. The Hall–Kier alpha value is -1.52. The van der Waals surface area contributed by atoms with Crippen molar-refractivity contribution in [3.05, 3.63) is 46.7 Å². The molecule has 0 amide bonds. The van der Waals surface area contributed by atoms with Crippen LogP contribution in [0, 0.1) is 5.92 Å². The Morgan fingerprint density at radius 3 is 2.74 bits per heavy atom. The largest absolute Gasteiger partial charge is 0.493 e. The van der Waals surface area contributed by atoms with Crippen molar-refractivity contribution in [2.75, 3.05) is 40.3 Å². The van der Waals surface area contributed by atoms with E-state index in [-0.39, 0.29) is 30.1 Å². The van der Waals surface area contributed by atoms with Gasteiger partial charge in [-0.3, -0.25) is 9.89 Å². The molecule has 1 aromatic heterocycles. The lowest BCUT2D eigenvalue weighted by molar-refractivity contribution is 0.169. The van der Waals surface area contributed by atoms with Crippen molar-refractivity contribution in [1.82, 2.24) is 15.5 Å². The van der Waals surface area contributed by atoms with Crippen LogP contribution in [0.3, 0.4) is 0 Å². The average molecular weight is 559 g/mol. The monoisotopic (exact) mass is 558 g/mol. The highest BCUT2D eigenvalue weighted by atomic mass is 127. The first-order chi connectivity index (χ1) is 14.7. The van der Waals surface area contributed by atoms with E-state index in [0.717, 1.165) is 37.1 Å². The van der Waals surface area contributed by atoms with Crippen molar-refractivity contribution in [1.29, 1.82) is 0 Å². The van der Waals surface area contributed by atoms with Crippen LogP contribution in [-0.2, 0) is 6.54 Å². The second-order valence-corrected chi connectivity index (χ2v) is 8.77. The number of halogens is 1. The van der Waals surface area contributed by atoms with Crippen molar-refractivity contribution in [3.8, 4) is 11.5 Å². The number of nitrogens with zero attached hydrogens (tertiary/aromatic N) is 2. The SMILES string of the molecule is CN=C(NCC1CCCN(Cc2cccs2)C1)NCC(C)Oc1ccccc1OC.I. The quantitative estimate of drug-likeness (QED) is 0.274. The third kappa shape index (κ3) is 8.50. The lowest BCUT2D eigenvalue weighted by Crippen LogP contribution is -2.46. The van der Waals surface area contributed by atoms with Crippen LogP contribution in [-0.4, -0.2) is 57.3 Å². The van der Waals surface area contributed by atoms with E-state index in [1.165, 1.54) is 24.3 Å². The summed E-state index contributed by atoms with van der Waals surface area (Å²) in [6, 6.07) is 12.1. The fourth-order valence-corrected chi connectivity index (χ4v) is 4.51. The maximum Gasteiger partial charge on any atom is 0.191 e. The third-order valence-corrected chi connectivity index (χ3v) is 6.16. The molecule has 0 saturated carbocycles. The van der Waals surface area contributed by atoms with Crippen molar-refractivity contribution in [2.45, 2.75) is 32.4 Å². The van der Waals surface area contributed by atoms with Crippen molar-refractivity contribution in [2.24, 2.45) is 10.9 Å². The zero-order valence-corrected chi connectivity index (χ0v) is 21.8. The van der Waals surface area contributed by atoms with Crippen LogP contribution < -0.4 is 20.1 Å². The number of methoxy groups -OCH3 is 1. The minimum Gasteiger partial charge on any atom is -0.493 e. The number of likely N-dealkylation sites (tertiary alicyclic amines) is 1. The summed E-state index contributed by atoms with van der Waals surface area (Å²) in [7, 11) is 3.47. The summed E-state index contributed by atoms with van der Waals surface area (Å²) in [5.74, 6) is 2.96. The molecule has 2 aromatic rings. The Bertz CT molecular complexity index is 788. The fourth-order valence-electron chi connectivity index (χ4n) is 3.76. The Kier molecular flexibility index (Phi) is 11.5. The van der Waals surface area contributed by atoms with Crippen LogP contribution >= 0.6 is 35.3 Å². The highest BCUT2D eigenvalue weighted by Gasteiger charge is 2.20. The van der Waals surface area contributed by atoms with Gasteiger partial charge in [0.25, 0.3) is 0 Å². The molecule has 1 fully saturated rings. The first-order valence-corrected chi connectivity index (χ1v) is 11.5. The second-order valence-electron chi connectivity index (χ2n) is 7.74. The Labute approximate surface area is 207 Å². The molecule has 0 radical (unpaired) electrons. The van der Waals surface area contributed by atoms with Gasteiger partial charge < -0.3 is 20.1 Å². The highest BCUT2D eigenvalue weighted by Crippen LogP contribution is 2.26. The van der Waals surface area contributed by atoms with Crippen LogP contribution in [0.5, 0.6) is 11.5 Å². The third-order valence-electron chi connectivity index (χ3n) is 5.30. The summed E-state index contributed by atoms with van der Waals surface area (Å²) in [5, 5.41) is 9.03. The predicted octanol–water partition coefficient (Wildman–Crippen LogP) is 4.22. The smallest absolute Gasteiger partial charge is 0.191 e. The number of ether oxygens (including phenoxy) is 2. The number of hydrogen-bond donors (Lipinski definition) is 2. The molecule has 31 heavy (non-hydrogen) atoms. The lowest BCUT2D eigenvalue weighted by Gasteiger charge is -2.32. The molecular formula is C23H35IN4O2S. The van der Waals surface area contributed by atoms with Gasteiger partial charge in [-0.1, -0.05) is 18.2 Å². The second kappa shape index (κ2) is 13.8. The summed E-state index contributed by atoms with van der Waals surface area (Å²) in [6.07, 6.45) is 2.50. The summed E-state index contributed by atoms with van der Waals surface area (Å²) in [5.41, 5.74) is 0. The molecule has 8 heteroatoms. The summed E-state index contributed by atoms with van der Waals surface area (Å²) in [6.45, 7) is 7.03. The van der Waals surface area contributed by atoms with Gasteiger partial charge in [0.15, 0.2) is 17.5 Å². The van der Waals surface area contributed by atoms with E-state index in [2.05, 4.69) is 38.0 Å². The molecule has 3 rings (SSSR count). The fraction of sp³-hybridized carbons (Fsp3) is 0.522. The molecule has 0 spiro atoms. The molecule has 172 valence electrons. The minimum absolute atomic E-state index is 0. The van der Waals surface area contributed by atoms with Crippen LogP contribution in [0.15, 0.2) is 46.8 Å². The van der Waals surface area contributed by atoms with Gasteiger partial charge >= 0.3 is 0 Å². The number of para-hydroxylation sites is 2. The number of rotatable bonds is 9. The van der Waals surface area contributed by atoms with Gasteiger partial charge in [0, 0.05) is 31.6 Å². The minimum atomic E-state index is -0.0178. The number of benzene rings is 1. The molecule has 2 unspecified atom stereocenters. The Morgan fingerprint density at radius 1 is 1.23 bits per heavy atom. The number of aliphatic imine (C=N–C) groups is 1. The predicted molar refractivity (Wildman–Crippen MR) is 140 cm³/mol. The van der Waals surface area contributed by atoms with Gasteiger partial charge in [-0.15, -0.1) is 35.3 Å². The molecule has 1 saturated heterocycles. The molecule has 6 nitrogen and oxygen atoms in total. The summed E-state index contributed by atoms with van der Waals surface area (Å²) >= 11 is 1.85. The molecule has 0 bridgehead atoms. The lowest BCUT2D eigenvalue weighted by atomic mass is 9.98. The van der Waals surface area contributed by atoms with Crippen molar-refractivity contribution >= 4 is 41.3 Å². The highest BCUT2D eigenvalue weighted by molar-refractivity contribution is 14.0. The van der Waals surface area contributed by atoms with E-state index in [0.29, 0.717) is 12.5 Å². The number of hydrogen-bond acceptors (Lipinski definition) is 5. The molecule has 2 heterocycles. The van der Waals surface area contributed by atoms with Crippen molar-refractivity contribution < 1.29 is 9.47 Å². The van der Waals surface area contributed by atoms with E-state index in [1.807, 2.05) is 49.6 Å². The first-order valence-electron chi connectivity index (χ1n) is 10.7. The molecular weight excluding hydrogens is 523 g/mol. The van der Waals surface area contributed by atoms with Gasteiger partial charge in [-0.2, -0.15) is 0 Å². The summed E-state index contributed by atoms with van der Waals surface area (Å²) < 4.78 is 11.4. The van der Waals surface area contributed by atoms with Crippen LogP contribution in [0.25, 0.3) is 0 Å². The zero-order chi connectivity index (χ0) is 21.2. The van der Waals surface area contributed by atoms with E-state index in [9.17, 15) is 0 Å². The summed E-state index contributed by atoms with van der Waals surface area (Å²) in [4.78, 5) is 8.39. The standard InChI is InChI=1S/C23H34N4O2S.HI/c1-18(29-22-11-5-4-10-21(22)28-3)14-25-23(24-2)26-15-19-8-6-12-27(16-19)17-20-9-7-13-30-20;/h4-5,7,9-11,13,18-19H,6,8,12,14-17H2,1-3H3,(H2,24,25,26);1H.